The molecule has 0 bridgehead atoms. The number of aliphatic imine (C=N–C) groups is 1. The van der Waals surface area contributed by atoms with Gasteiger partial charge in [-0.1, -0.05) is 18.2 Å². The van der Waals surface area contributed by atoms with Crippen LogP contribution in [-0.2, 0) is 0 Å². The zero-order valence-electron chi connectivity index (χ0n) is 17.1. The predicted molar refractivity (Wildman–Crippen MR) is 127 cm³/mol. The molecule has 2 aromatic rings. The molecule has 0 saturated carbocycles. The van der Waals surface area contributed by atoms with Crippen LogP contribution in [-0.4, -0.2) is 74.5 Å². The maximum atomic E-state index is 12.4. The summed E-state index contributed by atoms with van der Waals surface area (Å²) >= 11 is 0. The van der Waals surface area contributed by atoms with Gasteiger partial charge in [0.25, 0.3) is 5.91 Å². The summed E-state index contributed by atoms with van der Waals surface area (Å²) in [7, 11) is 2.08. The molecule has 0 atom stereocenters. The van der Waals surface area contributed by atoms with Crippen LogP contribution in [0.1, 0.15) is 17.5 Å². The number of rotatable bonds is 6. The maximum Gasteiger partial charge on any atom is 0.289 e. The van der Waals surface area contributed by atoms with Crippen molar-refractivity contribution in [3.8, 4) is 0 Å². The monoisotopic (exact) mass is 511 g/mol. The Labute approximate surface area is 189 Å². The van der Waals surface area contributed by atoms with Gasteiger partial charge in [0, 0.05) is 52.0 Å². The van der Waals surface area contributed by atoms with Crippen molar-refractivity contribution in [1.29, 1.82) is 0 Å². The van der Waals surface area contributed by atoms with Gasteiger partial charge < -0.3 is 24.4 Å². The molecule has 1 saturated heterocycles. The first kappa shape index (κ1) is 23.1. The minimum absolute atomic E-state index is 0. The molecule has 7 nitrogen and oxygen atoms in total. The summed E-state index contributed by atoms with van der Waals surface area (Å²) in [6, 6.07) is 13.8. The Hall–Kier alpha value is -2.23. The molecule has 8 heteroatoms. The third-order valence-corrected chi connectivity index (χ3v) is 4.83. The van der Waals surface area contributed by atoms with E-state index in [1.54, 1.807) is 12.1 Å². The zero-order valence-corrected chi connectivity index (χ0v) is 19.4. The Kier molecular flexibility index (Phi) is 9.30. The number of amides is 1. The Morgan fingerprint density at radius 1 is 1.10 bits per heavy atom. The van der Waals surface area contributed by atoms with Crippen LogP contribution in [0.2, 0.25) is 0 Å². The molecule has 0 unspecified atom stereocenters. The first-order valence-corrected chi connectivity index (χ1v) is 9.81. The number of furan rings is 1. The van der Waals surface area contributed by atoms with Crippen LogP contribution in [0, 0.1) is 0 Å². The molecule has 1 fully saturated rings. The molecule has 0 spiro atoms. The van der Waals surface area contributed by atoms with Crippen molar-refractivity contribution < 1.29 is 9.21 Å². The van der Waals surface area contributed by atoms with E-state index < -0.39 is 0 Å². The number of piperazine rings is 1. The van der Waals surface area contributed by atoms with Crippen molar-refractivity contribution >= 4 is 41.5 Å². The summed E-state index contributed by atoms with van der Waals surface area (Å²) in [4.78, 5) is 23.5. The lowest BCUT2D eigenvalue weighted by Gasteiger charge is -2.36. The first-order valence-electron chi connectivity index (χ1n) is 9.81. The molecular weight excluding hydrogens is 481 g/mol. The number of likely N-dealkylation sites (N-methyl/N-ethyl adjacent to an activating group) is 1. The van der Waals surface area contributed by atoms with Gasteiger partial charge in [-0.3, -0.25) is 9.79 Å². The third kappa shape index (κ3) is 6.38. The summed E-state index contributed by atoms with van der Waals surface area (Å²) in [6.07, 6.45) is 1.53. The molecule has 1 N–H and O–H groups in total. The molecule has 1 aromatic heterocycles. The summed E-state index contributed by atoms with van der Waals surface area (Å²) < 4.78 is 5.23. The number of carbonyl (C=O) groups excluding carboxylic acids is 1. The SMILES string of the molecule is CCNC(=NCCN(C)c1ccccc1)N1CCN(C(=O)c2ccco2)CC1.I. The van der Waals surface area contributed by atoms with Crippen LogP contribution in [0.5, 0.6) is 0 Å². The van der Waals surface area contributed by atoms with Crippen LogP contribution in [0.15, 0.2) is 58.1 Å². The van der Waals surface area contributed by atoms with Crippen LogP contribution < -0.4 is 10.2 Å². The van der Waals surface area contributed by atoms with Crippen LogP contribution in [0.3, 0.4) is 0 Å². The van der Waals surface area contributed by atoms with Gasteiger partial charge >= 0.3 is 0 Å². The number of nitrogens with zero attached hydrogens (tertiary/aromatic N) is 4. The van der Waals surface area contributed by atoms with E-state index in [1.807, 2.05) is 23.1 Å². The van der Waals surface area contributed by atoms with Crippen molar-refractivity contribution in [3.05, 3.63) is 54.5 Å². The molecule has 1 aliphatic heterocycles. The summed E-state index contributed by atoms with van der Waals surface area (Å²) in [5.74, 6) is 1.27. The van der Waals surface area contributed by atoms with Crippen LogP contribution >= 0.6 is 24.0 Å². The minimum Gasteiger partial charge on any atom is -0.459 e. The Morgan fingerprint density at radius 2 is 1.79 bits per heavy atom. The van der Waals surface area contributed by atoms with Crippen molar-refractivity contribution in [2.75, 3.05) is 57.8 Å². The van der Waals surface area contributed by atoms with E-state index in [0.29, 0.717) is 25.4 Å². The van der Waals surface area contributed by atoms with Crippen molar-refractivity contribution in [2.45, 2.75) is 6.92 Å². The number of nitrogens with one attached hydrogen (secondary N) is 1. The molecule has 0 aliphatic carbocycles. The molecule has 1 aliphatic rings. The molecule has 3 rings (SSSR count). The van der Waals surface area contributed by atoms with E-state index in [1.165, 1.54) is 12.0 Å². The predicted octanol–water partition coefficient (Wildman–Crippen LogP) is 2.76. The van der Waals surface area contributed by atoms with Gasteiger partial charge in [0.05, 0.1) is 12.8 Å². The van der Waals surface area contributed by atoms with Gasteiger partial charge in [0.2, 0.25) is 0 Å². The van der Waals surface area contributed by atoms with Gasteiger partial charge in [-0.05, 0) is 31.2 Å². The fraction of sp³-hybridized carbons (Fsp3) is 0.429. The standard InChI is InChI=1S/C21H29N5O2.HI/c1-3-22-21(23-11-12-24(2)18-8-5-4-6-9-18)26-15-13-25(14-16-26)20(27)19-10-7-17-28-19;/h4-10,17H,3,11-16H2,1-2H3,(H,22,23);1H. The average Bonchev–Trinajstić information content (AvgIpc) is 3.28. The zero-order chi connectivity index (χ0) is 19.8. The average molecular weight is 511 g/mol. The first-order chi connectivity index (χ1) is 13.7. The second kappa shape index (κ2) is 11.7. The van der Waals surface area contributed by atoms with Gasteiger partial charge in [-0.25, -0.2) is 0 Å². The number of para-hydroxylation sites is 1. The number of carbonyl (C=O) groups is 1. The van der Waals surface area contributed by atoms with Crippen LogP contribution in [0.25, 0.3) is 0 Å². The van der Waals surface area contributed by atoms with Gasteiger partial charge in [-0.2, -0.15) is 0 Å². The molecule has 158 valence electrons. The highest BCUT2D eigenvalue weighted by molar-refractivity contribution is 14.0. The smallest absolute Gasteiger partial charge is 0.289 e. The van der Waals surface area contributed by atoms with E-state index in [2.05, 4.69) is 41.2 Å². The Morgan fingerprint density at radius 3 is 2.41 bits per heavy atom. The second-order valence-electron chi connectivity index (χ2n) is 6.75. The number of guanidine groups is 1. The van der Waals surface area contributed by atoms with Gasteiger partial charge in [-0.15, -0.1) is 24.0 Å². The highest BCUT2D eigenvalue weighted by Crippen LogP contribution is 2.11. The largest absolute Gasteiger partial charge is 0.459 e. The van der Waals surface area contributed by atoms with Gasteiger partial charge in [0.15, 0.2) is 11.7 Å². The molecule has 1 amide bonds. The lowest BCUT2D eigenvalue weighted by atomic mass is 10.3. The summed E-state index contributed by atoms with van der Waals surface area (Å²) in [6.45, 7) is 7.28. The minimum atomic E-state index is -0.0453. The van der Waals surface area contributed by atoms with E-state index in [9.17, 15) is 4.79 Å². The summed E-state index contributed by atoms with van der Waals surface area (Å²) in [5, 5.41) is 3.37. The number of hydrogen-bond donors (Lipinski definition) is 1. The fourth-order valence-corrected chi connectivity index (χ4v) is 3.22. The fourth-order valence-electron chi connectivity index (χ4n) is 3.22. The van der Waals surface area contributed by atoms with E-state index in [-0.39, 0.29) is 29.9 Å². The number of hydrogen-bond acceptors (Lipinski definition) is 4. The Bertz CT molecular complexity index is 759. The number of halogens is 1. The molecule has 0 radical (unpaired) electrons. The lowest BCUT2D eigenvalue weighted by Crippen LogP contribution is -2.53. The van der Waals surface area contributed by atoms with Crippen molar-refractivity contribution in [2.24, 2.45) is 4.99 Å². The maximum absolute atomic E-state index is 12.4. The molecular formula is C21H30IN5O2. The topological polar surface area (TPSA) is 64.3 Å². The van der Waals surface area contributed by atoms with Crippen molar-refractivity contribution in [3.63, 3.8) is 0 Å². The molecule has 1 aromatic carbocycles. The third-order valence-electron chi connectivity index (χ3n) is 4.83. The molecule has 29 heavy (non-hydrogen) atoms. The highest BCUT2D eigenvalue weighted by Gasteiger charge is 2.25. The van der Waals surface area contributed by atoms with E-state index >= 15 is 0 Å². The van der Waals surface area contributed by atoms with E-state index in [0.717, 1.165) is 32.1 Å². The second-order valence-corrected chi connectivity index (χ2v) is 6.75. The Balaban J connectivity index is 0.00000300. The number of benzene rings is 1. The van der Waals surface area contributed by atoms with Crippen molar-refractivity contribution in [1.82, 2.24) is 15.1 Å². The molecule has 2 heterocycles. The normalized spacial score (nSPS) is 14.3. The quantitative estimate of drug-likeness (QED) is 0.367. The lowest BCUT2D eigenvalue weighted by molar-refractivity contribution is 0.0657. The highest BCUT2D eigenvalue weighted by atomic mass is 127. The van der Waals surface area contributed by atoms with Crippen LogP contribution in [0.4, 0.5) is 5.69 Å². The van der Waals surface area contributed by atoms with E-state index in [4.69, 9.17) is 9.41 Å². The van der Waals surface area contributed by atoms with Gasteiger partial charge in [0.1, 0.15) is 0 Å². The summed E-state index contributed by atoms with van der Waals surface area (Å²) in [5.41, 5.74) is 1.19. The number of anilines is 1.